The first kappa shape index (κ1) is 9.13. The van der Waals surface area contributed by atoms with Gasteiger partial charge in [-0.15, -0.1) is 0 Å². The standard InChI is InChI=1S/C8H6N4O3/c9-4-2-1-3-10-5(4)7-11-6(8(13)14)12-15-7/h1-3H,9H2,(H,13,14). The summed E-state index contributed by atoms with van der Waals surface area (Å²) < 4.78 is 4.71. The normalized spacial score (nSPS) is 10.1. The topological polar surface area (TPSA) is 115 Å². The molecule has 0 amide bonds. The van der Waals surface area contributed by atoms with E-state index in [2.05, 4.69) is 15.1 Å². The van der Waals surface area contributed by atoms with Crippen LogP contribution in [-0.4, -0.2) is 26.2 Å². The first-order chi connectivity index (χ1) is 7.18. The molecule has 0 saturated heterocycles. The van der Waals surface area contributed by atoms with E-state index in [1.165, 1.54) is 6.20 Å². The van der Waals surface area contributed by atoms with Gasteiger partial charge in [0.05, 0.1) is 5.69 Å². The number of aromatic carboxylic acids is 1. The summed E-state index contributed by atoms with van der Waals surface area (Å²) >= 11 is 0. The van der Waals surface area contributed by atoms with Crippen LogP contribution < -0.4 is 5.73 Å². The number of aromatic nitrogens is 3. The van der Waals surface area contributed by atoms with E-state index in [4.69, 9.17) is 15.4 Å². The van der Waals surface area contributed by atoms with Crippen LogP contribution in [0.3, 0.4) is 0 Å². The molecule has 2 heterocycles. The monoisotopic (exact) mass is 206 g/mol. The number of nitrogens with two attached hydrogens (primary N) is 1. The van der Waals surface area contributed by atoms with Crippen LogP contribution in [0.5, 0.6) is 0 Å². The molecular formula is C8H6N4O3. The van der Waals surface area contributed by atoms with Gasteiger partial charge in [0.2, 0.25) is 0 Å². The van der Waals surface area contributed by atoms with Crippen LogP contribution in [0, 0.1) is 0 Å². The van der Waals surface area contributed by atoms with Crippen molar-refractivity contribution in [1.82, 2.24) is 15.1 Å². The smallest absolute Gasteiger partial charge is 0.377 e. The van der Waals surface area contributed by atoms with Crippen molar-refractivity contribution >= 4 is 11.7 Å². The van der Waals surface area contributed by atoms with Crippen molar-refractivity contribution in [3.63, 3.8) is 0 Å². The predicted molar refractivity (Wildman–Crippen MR) is 48.9 cm³/mol. The molecule has 0 aliphatic rings. The van der Waals surface area contributed by atoms with Crippen molar-refractivity contribution in [2.75, 3.05) is 5.73 Å². The fraction of sp³-hybridized carbons (Fsp3) is 0. The van der Waals surface area contributed by atoms with E-state index in [-0.39, 0.29) is 11.6 Å². The van der Waals surface area contributed by atoms with Gasteiger partial charge < -0.3 is 15.4 Å². The number of pyridine rings is 1. The largest absolute Gasteiger partial charge is 0.475 e. The summed E-state index contributed by atoms with van der Waals surface area (Å²) in [6.45, 7) is 0. The first-order valence-corrected chi connectivity index (χ1v) is 3.96. The molecule has 0 unspecified atom stereocenters. The number of nitrogens with zero attached hydrogens (tertiary/aromatic N) is 3. The van der Waals surface area contributed by atoms with E-state index in [0.717, 1.165) is 0 Å². The second kappa shape index (κ2) is 3.37. The molecule has 0 spiro atoms. The highest BCUT2D eigenvalue weighted by molar-refractivity contribution is 5.83. The number of carboxylic acids is 1. The van der Waals surface area contributed by atoms with Crippen molar-refractivity contribution < 1.29 is 14.4 Å². The third-order valence-electron chi connectivity index (χ3n) is 1.66. The fourth-order valence-electron chi connectivity index (χ4n) is 1.00. The Balaban J connectivity index is 2.46. The molecule has 0 aliphatic carbocycles. The van der Waals surface area contributed by atoms with Gasteiger partial charge in [0, 0.05) is 6.20 Å². The van der Waals surface area contributed by atoms with Crippen molar-refractivity contribution in [2.24, 2.45) is 0 Å². The van der Waals surface area contributed by atoms with Gasteiger partial charge in [-0.1, -0.05) is 0 Å². The Labute approximate surface area is 83.6 Å². The SMILES string of the molecule is Nc1cccnc1-c1nc(C(=O)O)no1. The number of nitrogen functional groups attached to an aromatic ring is 1. The first-order valence-electron chi connectivity index (χ1n) is 3.96. The fourth-order valence-corrected chi connectivity index (χ4v) is 1.00. The van der Waals surface area contributed by atoms with Crippen molar-refractivity contribution in [2.45, 2.75) is 0 Å². The summed E-state index contributed by atoms with van der Waals surface area (Å²) in [6.07, 6.45) is 1.50. The molecular weight excluding hydrogens is 200 g/mol. The summed E-state index contributed by atoms with van der Waals surface area (Å²) in [7, 11) is 0. The molecule has 76 valence electrons. The van der Waals surface area contributed by atoms with E-state index in [1.807, 2.05) is 0 Å². The van der Waals surface area contributed by atoms with E-state index in [9.17, 15) is 4.79 Å². The molecule has 0 atom stereocenters. The highest BCUT2D eigenvalue weighted by Crippen LogP contribution is 2.20. The van der Waals surface area contributed by atoms with E-state index in [1.54, 1.807) is 12.1 Å². The molecule has 15 heavy (non-hydrogen) atoms. The lowest BCUT2D eigenvalue weighted by Gasteiger charge is -1.96. The number of rotatable bonds is 2. The summed E-state index contributed by atoms with van der Waals surface area (Å²) in [4.78, 5) is 18.0. The highest BCUT2D eigenvalue weighted by atomic mass is 16.5. The van der Waals surface area contributed by atoms with E-state index < -0.39 is 11.8 Å². The number of carbonyl (C=O) groups is 1. The Kier molecular flexibility index (Phi) is 2.05. The summed E-state index contributed by atoms with van der Waals surface area (Å²) in [5, 5.41) is 11.8. The van der Waals surface area contributed by atoms with Gasteiger partial charge >= 0.3 is 5.97 Å². The van der Waals surface area contributed by atoms with Gasteiger partial charge in [-0.05, 0) is 17.3 Å². The molecule has 0 fully saturated rings. The molecule has 7 heteroatoms. The zero-order valence-corrected chi connectivity index (χ0v) is 7.41. The average Bonchev–Trinajstić information content (AvgIpc) is 2.67. The summed E-state index contributed by atoms with van der Waals surface area (Å²) in [5.74, 6) is -1.69. The molecule has 2 rings (SSSR count). The third kappa shape index (κ3) is 1.62. The second-order valence-electron chi connectivity index (χ2n) is 2.67. The minimum atomic E-state index is -1.26. The zero-order valence-electron chi connectivity index (χ0n) is 7.41. The van der Waals surface area contributed by atoms with Crippen LogP contribution in [0.25, 0.3) is 11.6 Å². The van der Waals surface area contributed by atoms with Gasteiger partial charge in [0.25, 0.3) is 11.7 Å². The molecule has 0 saturated carbocycles. The molecule has 7 nitrogen and oxygen atoms in total. The van der Waals surface area contributed by atoms with Crippen LogP contribution in [0.4, 0.5) is 5.69 Å². The second-order valence-corrected chi connectivity index (χ2v) is 2.67. The molecule has 2 aromatic rings. The lowest BCUT2D eigenvalue weighted by molar-refractivity contribution is 0.0680. The van der Waals surface area contributed by atoms with Crippen LogP contribution in [0.15, 0.2) is 22.9 Å². The molecule has 0 radical (unpaired) electrons. The number of anilines is 1. The number of hydrogen-bond acceptors (Lipinski definition) is 6. The summed E-state index contributed by atoms with van der Waals surface area (Å²) in [5.41, 5.74) is 6.22. The Morgan fingerprint density at radius 2 is 2.33 bits per heavy atom. The Morgan fingerprint density at radius 1 is 1.53 bits per heavy atom. The Hall–Kier alpha value is -2.44. The van der Waals surface area contributed by atoms with Gasteiger partial charge in [0.15, 0.2) is 5.69 Å². The van der Waals surface area contributed by atoms with Crippen LogP contribution in [0.1, 0.15) is 10.6 Å². The Morgan fingerprint density at radius 3 is 2.93 bits per heavy atom. The average molecular weight is 206 g/mol. The van der Waals surface area contributed by atoms with Gasteiger partial charge in [-0.3, -0.25) is 0 Å². The maximum absolute atomic E-state index is 10.5. The van der Waals surface area contributed by atoms with Crippen LogP contribution in [-0.2, 0) is 0 Å². The molecule has 0 bridgehead atoms. The summed E-state index contributed by atoms with van der Waals surface area (Å²) in [6, 6.07) is 3.25. The maximum Gasteiger partial charge on any atom is 0.377 e. The van der Waals surface area contributed by atoms with Gasteiger partial charge in [-0.2, -0.15) is 4.98 Å². The highest BCUT2D eigenvalue weighted by Gasteiger charge is 2.16. The quantitative estimate of drug-likeness (QED) is 0.730. The van der Waals surface area contributed by atoms with Crippen molar-refractivity contribution in [1.29, 1.82) is 0 Å². The molecule has 0 aliphatic heterocycles. The molecule has 2 aromatic heterocycles. The number of hydrogen-bond donors (Lipinski definition) is 2. The number of carboxylic acid groups (broad SMARTS) is 1. The zero-order chi connectivity index (χ0) is 10.8. The lowest BCUT2D eigenvalue weighted by atomic mass is 10.3. The van der Waals surface area contributed by atoms with E-state index >= 15 is 0 Å². The maximum atomic E-state index is 10.5. The minimum absolute atomic E-state index is 0.00880. The lowest BCUT2D eigenvalue weighted by Crippen LogP contribution is -1.98. The van der Waals surface area contributed by atoms with Gasteiger partial charge in [-0.25, -0.2) is 9.78 Å². The Bertz CT molecular complexity index is 508. The predicted octanol–water partition coefficient (Wildman–Crippen LogP) is 0.412. The van der Waals surface area contributed by atoms with Crippen molar-refractivity contribution in [3.8, 4) is 11.6 Å². The van der Waals surface area contributed by atoms with Gasteiger partial charge in [0.1, 0.15) is 0 Å². The molecule has 0 aromatic carbocycles. The minimum Gasteiger partial charge on any atom is -0.475 e. The molecule has 3 N–H and O–H groups in total. The van der Waals surface area contributed by atoms with E-state index in [0.29, 0.717) is 5.69 Å². The third-order valence-corrected chi connectivity index (χ3v) is 1.66. The van der Waals surface area contributed by atoms with Crippen LogP contribution in [0.2, 0.25) is 0 Å². The van der Waals surface area contributed by atoms with Crippen LogP contribution >= 0.6 is 0 Å². The van der Waals surface area contributed by atoms with Crippen molar-refractivity contribution in [3.05, 3.63) is 24.2 Å².